The molecule has 0 saturated heterocycles. The van der Waals surface area contributed by atoms with Gasteiger partial charge in [0.2, 0.25) is 5.91 Å². The van der Waals surface area contributed by atoms with E-state index < -0.39 is 5.97 Å². The fourth-order valence-corrected chi connectivity index (χ4v) is 4.23. The van der Waals surface area contributed by atoms with Crippen molar-refractivity contribution in [3.63, 3.8) is 0 Å². The van der Waals surface area contributed by atoms with Crippen molar-refractivity contribution in [2.24, 2.45) is 0 Å². The highest BCUT2D eigenvalue weighted by molar-refractivity contribution is 6.06. The van der Waals surface area contributed by atoms with E-state index in [1.54, 1.807) is 6.07 Å². The van der Waals surface area contributed by atoms with Gasteiger partial charge < -0.3 is 15.7 Å². The first-order valence-electron chi connectivity index (χ1n) is 11.8. The van der Waals surface area contributed by atoms with Crippen LogP contribution in [0.1, 0.15) is 43.2 Å². The minimum atomic E-state index is -1.06. The van der Waals surface area contributed by atoms with Crippen LogP contribution in [0.25, 0.3) is 33.2 Å². The molecule has 4 aromatic rings. The summed E-state index contributed by atoms with van der Waals surface area (Å²) in [6, 6.07) is 15.4. The molecule has 0 radical (unpaired) electrons. The third kappa shape index (κ3) is 4.71. The molecular formula is C28H28N4O3. The number of carbonyl (C=O) groups excluding carboxylic acids is 1. The second-order valence-electron chi connectivity index (χ2n) is 7.93. The molecule has 1 aliphatic heterocycles. The first-order chi connectivity index (χ1) is 17.0. The van der Waals surface area contributed by atoms with E-state index in [0.717, 1.165) is 56.5 Å². The molecule has 0 unspecified atom stereocenters. The van der Waals surface area contributed by atoms with Crippen LogP contribution < -0.4 is 10.6 Å². The number of pyridine rings is 2. The smallest absolute Gasteiger partial charge is 0.354 e. The highest BCUT2D eigenvalue weighted by atomic mass is 16.4. The topological polar surface area (TPSA) is 104 Å². The second kappa shape index (κ2) is 10.3. The van der Waals surface area contributed by atoms with Gasteiger partial charge in [-0.05, 0) is 41.1 Å². The number of fused-ring (bicyclic) bond motifs is 2. The fraction of sp³-hybridized carbons (Fsp3) is 0.214. The molecule has 178 valence electrons. The van der Waals surface area contributed by atoms with E-state index in [2.05, 4.69) is 45.7 Å². The Morgan fingerprint density at radius 2 is 1.83 bits per heavy atom. The summed E-state index contributed by atoms with van der Waals surface area (Å²) in [4.78, 5) is 31.9. The van der Waals surface area contributed by atoms with Crippen LogP contribution in [-0.2, 0) is 11.2 Å². The van der Waals surface area contributed by atoms with Gasteiger partial charge in [-0.3, -0.25) is 9.78 Å². The zero-order valence-electron chi connectivity index (χ0n) is 20.1. The van der Waals surface area contributed by atoms with E-state index >= 15 is 0 Å². The van der Waals surface area contributed by atoms with Crippen LogP contribution in [0.2, 0.25) is 0 Å². The number of carbonyl (C=O) groups is 2. The van der Waals surface area contributed by atoms with E-state index in [0.29, 0.717) is 13.0 Å². The molecule has 0 bridgehead atoms. The number of nitrogens with zero attached hydrogens (tertiary/aromatic N) is 2. The molecule has 35 heavy (non-hydrogen) atoms. The lowest BCUT2D eigenvalue weighted by atomic mass is 9.94. The molecule has 0 atom stereocenters. The van der Waals surface area contributed by atoms with E-state index in [9.17, 15) is 9.59 Å². The Kier molecular flexibility index (Phi) is 7.06. The van der Waals surface area contributed by atoms with Crippen LogP contribution in [0, 0.1) is 0 Å². The van der Waals surface area contributed by atoms with Gasteiger partial charge in [-0.2, -0.15) is 0 Å². The van der Waals surface area contributed by atoms with Gasteiger partial charge in [-0.1, -0.05) is 51.1 Å². The van der Waals surface area contributed by atoms with Crippen molar-refractivity contribution in [2.75, 3.05) is 17.2 Å². The molecular weight excluding hydrogens is 440 g/mol. The van der Waals surface area contributed by atoms with Crippen molar-refractivity contribution in [1.82, 2.24) is 9.97 Å². The molecule has 3 N–H and O–H groups in total. The summed E-state index contributed by atoms with van der Waals surface area (Å²) >= 11 is 0. The lowest BCUT2D eigenvalue weighted by Gasteiger charge is -2.18. The maximum atomic E-state index is 12.2. The number of aryl methyl sites for hydroxylation is 1. The monoisotopic (exact) mass is 468 g/mol. The van der Waals surface area contributed by atoms with Crippen LogP contribution in [-0.4, -0.2) is 33.5 Å². The largest absolute Gasteiger partial charge is 0.477 e. The standard InChI is InChI=1S/C26H22N4O3.C2H6/c1-2-15-6-8-19(25-24(15)30-23(31)10-11-27-25)18-5-3-4-16-12-22(29-14-20(16)18)17-7-9-21(26(32)33)28-13-17;1-2/h3-9,12-14,27H,2,10-11H2,1H3,(H,30,31)(H,32,33);1-2H3. The average Bonchev–Trinajstić information content (AvgIpc) is 3.10. The number of anilines is 2. The molecule has 0 saturated carbocycles. The van der Waals surface area contributed by atoms with Gasteiger partial charge in [-0.25, -0.2) is 9.78 Å². The molecule has 3 heterocycles. The Bertz CT molecular complexity index is 1400. The quantitative estimate of drug-likeness (QED) is 0.339. The van der Waals surface area contributed by atoms with E-state index in [1.807, 2.05) is 38.2 Å². The number of hydrogen-bond acceptors (Lipinski definition) is 5. The van der Waals surface area contributed by atoms with E-state index in [1.165, 1.54) is 12.3 Å². The van der Waals surface area contributed by atoms with Gasteiger partial charge in [0.25, 0.3) is 0 Å². The van der Waals surface area contributed by atoms with Gasteiger partial charge >= 0.3 is 5.97 Å². The number of aromatic nitrogens is 2. The van der Waals surface area contributed by atoms with Gasteiger partial charge in [0.15, 0.2) is 0 Å². The number of aromatic carboxylic acids is 1. The summed E-state index contributed by atoms with van der Waals surface area (Å²) in [6.45, 7) is 6.65. The van der Waals surface area contributed by atoms with Crippen molar-refractivity contribution in [3.8, 4) is 22.4 Å². The summed E-state index contributed by atoms with van der Waals surface area (Å²) in [7, 11) is 0. The molecule has 7 heteroatoms. The van der Waals surface area contributed by atoms with Crippen LogP contribution in [0.3, 0.4) is 0 Å². The van der Waals surface area contributed by atoms with Crippen LogP contribution in [0.4, 0.5) is 11.4 Å². The van der Waals surface area contributed by atoms with Gasteiger partial charge in [-0.15, -0.1) is 0 Å². The first kappa shape index (κ1) is 23.9. The van der Waals surface area contributed by atoms with Gasteiger partial charge in [0.1, 0.15) is 5.69 Å². The summed E-state index contributed by atoms with van der Waals surface area (Å²) in [6.07, 6.45) is 4.60. The van der Waals surface area contributed by atoms with E-state index in [4.69, 9.17) is 5.11 Å². The predicted octanol–water partition coefficient (Wildman–Crippen LogP) is 6.00. The first-order valence-corrected chi connectivity index (χ1v) is 11.8. The third-order valence-corrected chi connectivity index (χ3v) is 5.92. The number of hydrogen-bond donors (Lipinski definition) is 3. The Morgan fingerprint density at radius 1 is 1.00 bits per heavy atom. The number of amides is 1. The molecule has 0 aliphatic carbocycles. The maximum Gasteiger partial charge on any atom is 0.354 e. The van der Waals surface area contributed by atoms with Crippen molar-refractivity contribution in [3.05, 3.63) is 72.2 Å². The van der Waals surface area contributed by atoms with Gasteiger partial charge in [0, 0.05) is 41.9 Å². The number of benzene rings is 2. The minimum Gasteiger partial charge on any atom is -0.477 e. The lowest BCUT2D eigenvalue weighted by Crippen LogP contribution is -2.11. The average molecular weight is 469 g/mol. The molecule has 2 aromatic carbocycles. The molecule has 1 amide bonds. The SMILES string of the molecule is CC.CCc1ccc(-c2cccc3cc(-c4ccc(C(=O)O)nc4)ncc23)c2c1NC(=O)CCN2. The molecule has 0 spiro atoms. The maximum absolute atomic E-state index is 12.2. The summed E-state index contributed by atoms with van der Waals surface area (Å²) in [5.41, 5.74) is 6.37. The molecule has 7 nitrogen and oxygen atoms in total. The van der Waals surface area contributed by atoms with Crippen molar-refractivity contribution >= 4 is 34.0 Å². The predicted molar refractivity (Wildman–Crippen MR) is 140 cm³/mol. The van der Waals surface area contributed by atoms with Crippen molar-refractivity contribution in [2.45, 2.75) is 33.6 Å². The van der Waals surface area contributed by atoms with Crippen molar-refractivity contribution in [1.29, 1.82) is 0 Å². The normalized spacial score (nSPS) is 12.5. The minimum absolute atomic E-state index is 0.00219. The fourth-order valence-electron chi connectivity index (χ4n) is 4.23. The Labute approximate surface area is 204 Å². The van der Waals surface area contributed by atoms with Crippen LogP contribution in [0.15, 0.2) is 60.9 Å². The van der Waals surface area contributed by atoms with Crippen LogP contribution in [0.5, 0.6) is 0 Å². The molecule has 0 fully saturated rings. The third-order valence-electron chi connectivity index (χ3n) is 5.92. The van der Waals surface area contributed by atoms with E-state index in [-0.39, 0.29) is 11.6 Å². The Balaban J connectivity index is 0.00000141. The number of nitrogens with one attached hydrogen (secondary N) is 2. The zero-order valence-corrected chi connectivity index (χ0v) is 20.1. The summed E-state index contributed by atoms with van der Waals surface area (Å²) in [5.74, 6) is -1.05. The Morgan fingerprint density at radius 3 is 2.54 bits per heavy atom. The second-order valence-corrected chi connectivity index (χ2v) is 7.93. The summed E-state index contributed by atoms with van der Waals surface area (Å²) < 4.78 is 0. The number of carboxylic acids is 1. The molecule has 1 aliphatic rings. The number of carboxylic acid groups (broad SMARTS) is 1. The highest BCUT2D eigenvalue weighted by Gasteiger charge is 2.20. The van der Waals surface area contributed by atoms with Crippen LogP contribution >= 0.6 is 0 Å². The molecule has 2 aromatic heterocycles. The zero-order chi connectivity index (χ0) is 24.9. The number of rotatable bonds is 4. The summed E-state index contributed by atoms with van der Waals surface area (Å²) in [5, 5.41) is 17.6. The Hall–Kier alpha value is -4.26. The lowest BCUT2D eigenvalue weighted by molar-refractivity contribution is -0.115. The molecule has 5 rings (SSSR count). The highest BCUT2D eigenvalue weighted by Crippen LogP contribution is 2.41. The van der Waals surface area contributed by atoms with Gasteiger partial charge in [0.05, 0.1) is 17.1 Å². The van der Waals surface area contributed by atoms with Crippen molar-refractivity contribution < 1.29 is 14.7 Å².